The van der Waals surface area contributed by atoms with E-state index < -0.39 is 6.10 Å². The number of ether oxygens (including phenoxy) is 1. The fourth-order valence-electron chi connectivity index (χ4n) is 1.95. The zero-order valence-corrected chi connectivity index (χ0v) is 12.2. The quantitative estimate of drug-likeness (QED) is 0.849. The molecule has 0 saturated heterocycles. The van der Waals surface area contributed by atoms with E-state index in [1.807, 2.05) is 36.4 Å². The number of benzene rings is 2. The zero-order chi connectivity index (χ0) is 13.8. The summed E-state index contributed by atoms with van der Waals surface area (Å²) >= 11 is 3.39. The first-order valence-electron chi connectivity index (χ1n) is 5.96. The van der Waals surface area contributed by atoms with Gasteiger partial charge in [-0.05, 0) is 39.2 Å². The van der Waals surface area contributed by atoms with Crippen molar-refractivity contribution in [2.45, 2.75) is 12.5 Å². The zero-order valence-electron chi connectivity index (χ0n) is 10.6. The van der Waals surface area contributed by atoms with Gasteiger partial charge in [0.1, 0.15) is 5.75 Å². The Kier molecular flexibility index (Phi) is 4.45. The van der Waals surface area contributed by atoms with E-state index in [0.717, 1.165) is 15.6 Å². The van der Waals surface area contributed by atoms with Gasteiger partial charge >= 0.3 is 0 Å². The molecule has 0 fully saturated rings. The van der Waals surface area contributed by atoms with E-state index >= 15 is 0 Å². The molecule has 0 aliphatic heterocycles. The van der Waals surface area contributed by atoms with Crippen LogP contribution in [0, 0.1) is 0 Å². The first kappa shape index (κ1) is 13.9. The second-order valence-corrected chi connectivity index (χ2v) is 5.17. The highest BCUT2D eigenvalue weighted by Gasteiger charge is 2.13. The lowest BCUT2D eigenvalue weighted by Crippen LogP contribution is -2.05. The van der Waals surface area contributed by atoms with Crippen LogP contribution < -0.4 is 10.5 Å². The van der Waals surface area contributed by atoms with E-state index in [4.69, 9.17) is 10.5 Å². The van der Waals surface area contributed by atoms with E-state index in [-0.39, 0.29) is 0 Å². The molecular formula is C15H16BrNO2. The lowest BCUT2D eigenvalue weighted by atomic mass is 10.00. The summed E-state index contributed by atoms with van der Waals surface area (Å²) in [5.74, 6) is 0.712. The van der Waals surface area contributed by atoms with Crippen LogP contribution in [0.1, 0.15) is 17.2 Å². The van der Waals surface area contributed by atoms with Crippen molar-refractivity contribution in [3.05, 3.63) is 58.1 Å². The molecule has 3 nitrogen and oxygen atoms in total. The predicted octanol–water partition coefficient (Wildman–Crippen LogP) is 3.32. The lowest BCUT2D eigenvalue weighted by Gasteiger charge is -2.14. The molecule has 0 amide bonds. The van der Waals surface area contributed by atoms with Gasteiger partial charge in [-0.25, -0.2) is 0 Å². The van der Waals surface area contributed by atoms with Crippen molar-refractivity contribution < 1.29 is 9.84 Å². The number of anilines is 1. The summed E-state index contributed by atoms with van der Waals surface area (Å²) in [6, 6.07) is 13.2. The van der Waals surface area contributed by atoms with Gasteiger partial charge in [-0.2, -0.15) is 0 Å². The number of methoxy groups -OCH3 is 1. The van der Waals surface area contributed by atoms with Crippen LogP contribution in [-0.4, -0.2) is 12.2 Å². The van der Waals surface area contributed by atoms with Gasteiger partial charge in [0.05, 0.1) is 17.7 Å². The third-order valence-electron chi connectivity index (χ3n) is 3.01. The third kappa shape index (κ3) is 3.28. The van der Waals surface area contributed by atoms with Gasteiger partial charge in [0, 0.05) is 12.1 Å². The lowest BCUT2D eigenvalue weighted by molar-refractivity contribution is 0.178. The Hall–Kier alpha value is -1.52. The van der Waals surface area contributed by atoms with E-state index in [1.54, 1.807) is 13.2 Å². The van der Waals surface area contributed by atoms with E-state index in [9.17, 15) is 5.11 Å². The molecule has 0 radical (unpaired) electrons. The van der Waals surface area contributed by atoms with Crippen LogP contribution in [0.3, 0.4) is 0 Å². The summed E-state index contributed by atoms with van der Waals surface area (Å²) in [7, 11) is 1.60. The Labute approximate surface area is 121 Å². The maximum atomic E-state index is 10.2. The monoisotopic (exact) mass is 321 g/mol. The summed E-state index contributed by atoms with van der Waals surface area (Å²) < 4.78 is 6.05. The molecular weight excluding hydrogens is 306 g/mol. The number of aliphatic hydroxyl groups excluding tert-OH is 1. The average molecular weight is 322 g/mol. The van der Waals surface area contributed by atoms with Crippen molar-refractivity contribution in [2.75, 3.05) is 12.8 Å². The molecule has 3 N–H and O–H groups in total. The first-order chi connectivity index (χ1) is 9.11. The first-order valence-corrected chi connectivity index (χ1v) is 6.76. The summed E-state index contributed by atoms with van der Waals surface area (Å²) in [6.45, 7) is 0. The SMILES string of the molecule is COc1cc(CC(O)c2ccccc2)c(N)cc1Br. The fraction of sp³-hybridized carbons (Fsp3) is 0.200. The number of nitrogens with two attached hydrogens (primary N) is 1. The smallest absolute Gasteiger partial charge is 0.133 e. The Bertz CT molecular complexity index is 558. The van der Waals surface area contributed by atoms with Crippen molar-refractivity contribution in [3.63, 3.8) is 0 Å². The Morgan fingerprint density at radius 2 is 1.95 bits per heavy atom. The molecule has 0 aromatic heterocycles. The Morgan fingerprint density at radius 1 is 1.26 bits per heavy atom. The molecule has 2 aromatic carbocycles. The second kappa shape index (κ2) is 6.08. The summed E-state index contributed by atoms with van der Waals surface area (Å²) in [6.07, 6.45) is -0.117. The average Bonchev–Trinajstić information content (AvgIpc) is 2.42. The normalized spacial score (nSPS) is 12.2. The van der Waals surface area contributed by atoms with Gasteiger partial charge in [0.2, 0.25) is 0 Å². The highest BCUT2D eigenvalue weighted by atomic mass is 79.9. The Morgan fingerprint density at radius 3 is 2.58 bits per heavy atom. The maximum absolute atomic E-state index is 10.2. The van der Waals surface area contributed by atoms with Crippen LogP contribution in [0.15, 0.2) is 46.9 Å². The molecule has 4 heteroatoms. The van der Waals surface area contributed by atoms with Gasteiger partial charge in [-0.3, -0.25) is 0 Å². The third-order valence-corrected chi connectivity index (χ3v) is 3.63. The minimum Gasteiger partial charge on any atom is -0.496 e. The van der Waals surface area contributed by atoms with Gasteiger partial charge in [-0.15, -0.1) is 0 Å². The maximum Gasteiger partial charge on any atom is 0.133 e. The minimum absolute atomic E-state index is 0.458. The second-order valence-electron chi connectivity index (χ2n) is 4.32. The molecule has 0 heterocycles. The standard InChI is InChI=1S/C15H16BrNO2/c1-19-15-8-11(13(17)9-12(15)16)7-14(18)10-5-3-2-4-6-10/h2-6,8-9,14,18H,7,17H2,1H3. The highest BCUT2D eigenvalue weighted by molar-refractivity contribution is 9.10. The van der Waals surface area contributed by atoms with Gasteiger partial charge < -0.3 is 15.6 Å². The topological polar surface area (TPSA) is 55.5 Å². The number of halogens is 1. The molecule has 0 spiro atoms. The van der Waals surface area contributed by atoms with Gasteiger partial charge in [0.25, 0.3) is 0 Å². The molecule has 1 unspecified atom stereocenters. The number of hydrogen-bond donors (Lipinski definition) is 2. The van der Waals surface area contributed by atoms with E-state index in [2.05, 4.69) is 15.9 Å². The molecule has 19 heavy (non-hydrogen) atoms. The van der Waals surface area contributed by atoms with Crippen molar-refractivity contribution in [1.29, 1.82) is 0 Å². The van der Waals surface area contributed by atoms with Crippen LogP contribution in [0.2, 0.25) is 0 Å². The Balaban J connectivity index is 2.24. The van der Waals surface area contributed by atoms with Crippen molar-refractivity contribution in [2.24, 2.45) is 0 Å². The van der Waals surface area contributed by atoms with Crippen LogP contribution in [0.25, 0.3) is 0 Å². The summed E-state index contributed by atoms with van der Waals surface area (Å²) in [4.78, 5) is 0. The molecule has 2 rings (SSSR count). The molecule has 0 saturated carbocycles. The minimum atomic E-state index is -0.575. The number of hydrogen-bond acceptors (Lipinski definition) is 3. The van der Waals surface area contributed by atoms with Gasteiger partial charge in [0.15, 0.2) is 0 Å². The molecule has 2 aromatic rings. The number of aliphatic hydroxyl groups is 1. The molecule has 0 bridgehead atoms. The van der Waals surface area contributed by atoms with Crippen LogP contribution in [-0.2, 0) is 6.42 Å². The summed E-state index contributed by atoms with van der Waals surface area (Å²) in [5.41, 5.74) is 8.37. The molecule has 0 aliphatic carbocycles. The van der Waals surface area contributed by atoms with E-state index in [0.29, 0.717) is 17.9 Å². The van der Waals surface area contributed by atoms with Crippen LogP contribution >= 0.6 is 15.9 Å². The van der Waals surface area contributed by atoms with Crippen LogP contribution in [0.4, 0.5) is 5.69 Å². The van der Waals surface area contributed by atoms with Gasteiger partial charge in [-0.1, -0.05) is 30.3 Å². The van der Waals surface area contributed by atoms with Crippen molar-refractivity contribution in [1.82, 2.24) is 0 Å². The van der Waals surface area contributed by atoms with Crippen molar-refractivity contribution in [3.8, 4) is 5.75 Å². The predicted molar refractivity (Wildman–Crippen MR) is 80.2 cm³/mol. The highest BCUT2D eigenvalue weighted by Crippen LogP contribution is 2.32. The largest absolute Gasteiger partial charge is 0.496 e. The molecule has 100 valence electrons. The molecule has 0 aliphatic rings. The molecule has 1 atom stereocenters. The van der Waals surface area contributed by atoms with Crippen LogP contribution in [0.5, 0.6) is 5.75 Å². The number of rotatable bonds is 4. The summed E-state index contributed by atoms with van der Waals surface area (Å²) in [5, 5.41) is 10.2. The van der Waals surface area contributed by atoms with E-state index in [1.165, 1.54) is 0 Å². The fourth-order valence-corrected chi connectivity index (χ4v) is 2.47. The van der Waals surface area contributed by atoms with Crippen molar-refractivity contribution >= 4 is 21.6 Å². The number of nitrogen functional groups attached to an aromatic ring is 1.